The number of amides is 1. The summed E-state index contributed by atoms with van der Waals surface area (Å²) in [7, 11) is 0. The number of nitrogen functional groups attached to an aromatic ring is 1. The average molecular weight is 376 g/mol. The molecule has 3 atom stereocenters. The van der Waals surface area contributed by atoms with Crippen LogP contribution in [0, 0.1) is 0 Å². The predicted molar refractivity (Wildman–Crippen MR) is 101 cm³/mol. The lowest BCUT2D eigenvalue weighted by Gasteiger charge is -2.43. The second-order valence-electron chi connectivity index (χ2n) is 7.38. The smallest absolute Gasteiger partial charge is 0.239 e. The second kappa shape index (κ2) is 7.75. The summed E-state index contributed by atoms with van der Waals surface area (Å²) >= 11 is 0. The summed E-state index contributed by atoms with van der Waals surface area (Å²) in [6.45, 7) is 3.13. The number of hydrogen-bond acceptors (Lipinski definition) is 8. The van der Waals surface area contributed by atoms with Gasteiger partial charge in [0.1, 0.15) is 11.8 Å². The molecule has 3 rings (SSSR count). The number of likely N-dealkylation sites (tertiary alicyclic amines) is 1. The Morgan fingerprint density at radius 1 is 1.41 bits per heavy atom. The molecule has 1 aliphatic rings. The van der Waals surface area contributed by atoms with Crippen molar-refractivity contribution in [3.8, 4) is 0 Å². The minimum absolute atomic E-state index is 0.105. The standard InChI is InChI=1S/C17H28N8O2/c1-17(27)5-7-24(16(26)11(19)4-2-3-6-18)8-12(17)25-10-23-13-14(20)21-9-22-15(13)25/h9-12,27H,2-8,18-19H2,1H3,(H2,20,21,22)/t11-,12-,17-/m1/s1. The monoisotopic (exact) mass is 376 g/mol. The Labute approximate surface area is 157 Å². The van der Waals surface area contributed by atoms with Gasteiger partial charge in [0.15, 0.2) is 11.5 Å². The molecule has 1 amide bonds. The molecule has 1 aliphatic heterocycles. The van der Waals surface area contributed by atoms with Crippen LogP contribution in [0.4, 0.5) is 5.82 Å². The van der Waals surface area contributed by atoms with E-state index in [9.17, 15) is 9.90 Å². The number of imidazole rings is 1. The number of fused-ring (bicyclic) bond motifs is 1. The maximum absolute atomic E-state index is 12.8. The molecule has 0 saturated carbocycles. The van der Waals surface area contributed by atoms with Gasteiger partial charge in [0.05, 0.1) is 24.0 Å². The minimum Gasteiger partial charge on any atom is -0.388 e. The number of carbonyl (C=O) groups is 1. The maximum atomic E-state index is 12.8. The summed E-state index contributed by atoms with van der Waals surface area (Å²) in [4.78, 5) is 26.9. The number of piperidine rings is 1. The Bertz CT molecular complexity index is 805. The SMILES string of the molecule is C[C@@]1(O)CCN(C(=O)[C@H](N)CCCCN)C[C@H]1n1cnc2c(N)ncnc21. The van der Waals surface area contributed by atoms with Crippen molar-refractivity contribution in [1.82, 2.24) is 24.4 Å². The summed E-state index contributed by atoms with van der Waals surface area (Å²) in [6.07, 6.45) is 5.65. The third-order valence-electron chi connectivity index (χ3n) is 5.32. The lowest BCUT2D eigenvalue weighted by molar-refractivity contribution is -0.139. The Balaban J connectivity index is 1.81. The molecular weight excluding hydrogens is 348 g/mol. The fourth-order valence-corrected chi connectivity index (χ4v) is 3.58. The number of unbranched alkanes of at least 4 members (excludes halogenated alkanes) is 1. The van der Waals surface area contributed by atoms with Crippen LogP contribution < -0.4 is 17.2 Å². The largest absolute Gasteiger partial charge is 0.388 e. The predicted octanol–water partition coefficient (Wildman–Crippen LogP) is -0.611. The van der Waals surface area contributed by atoms with Crippen molar-refractivity contribution in [3.05, 3.63) is 12.7 Å². The molecule has 2 aromatic heterocycles. The molecule has 7 N–H and O–H groups in total. The van der Waals surface area contributed by atoms with E-state index in [0.717, 1.165) is 12.8 Å². The average Bonchev–Trinajstić information content (AvgIpc) is 3.06. The van der Waals surface area contributed by atoms with Crippen LogP contribution in [-0.2, 0) is 4.79 Å². The number of aromatic nitrogens is 4. The quantitative estimate of drug-likeness (QED) is 0.485. The molecule has 1 saturated heterocycles. The van der Waals surface area contributed by atoms with Crippen molar-refractivity contribution in [1.29, 1.82) is 0 Å². The molecule has 148 valence electrons. The number of nitrogens with zero attached hydrogens (tertiary/aromatic N) is 5. The van der Waals surface area contributed by atoms with Gasteiger partial charge in [0.25, 0.3) is 0 Å². The number of nitrogens with two attached hydrogens (primary N) is 3. The number of hydrogen-bond donors (Lipinski definition) is 4. The van der Waals surface area contributed by atoms with Crippen molar-refractivity contribution in [2.24, 2.45) is 11.5 Å². The molecule has 1 fully saturated rings. The zero-order valence-electron chi connectivity index (χ0n) is 15.6. The van der Waals surface area contributed by atoms with Crippen LogP contribution >= 0.6 is 0 Å². The van der Waals surface area contributed by atoms with Crippen LogP contribution in [0.5, 0.6) is 0 Å². The first kappa shape index (κ1) is 19.5. The van der Waals surface area contributed by atoms with Gasteiger partial charge in [0, 0.05) is 13.1 Å². The Morgan fingerprint density at radius 3 is 2.93 bits per heavy atom. The Hall–Kier alpha value is -2.30. The van der Waals surface area contributed by atoms with Crippen molar-refractivity contribution in [2.75, 3.05) is 25.4 Å². The number of aliphatic hydroxyl groups is 1. The molecule has 0 aromatic carbocycles. The zero-order chi connectivity index (χ0) is 19.6. The maximum Gasteiger partial charge on any atom is 0.239 e. The van der Waals surface area contributed by atoms with Crippen molar-refractivity contribution >= 4 is 22.9 Å². The molecule has 3 heterocycles. The number of carbonyl (C=O) groups excluding carboxylic acids is 1. The van der Waals surface area contributed by atoms with E-state index < -0.39 is 17.7 Å². The van der Waals surface area contributed by atoms with Crippen LogP contribution in [0.3, 0.4) is 0 Å². The molecule has 27 heavy (non-hydrogen) atoms. The summed E-state index contributed by atoms with van der Waals surface area (Å²) < 4.78 is 1.77. The van der Waals surface area contributed by atoms with E-state index >= 15 is 0 Å². The van der Waals surface area contributed by atoms with Gasteiger partial charge in [-0.1, -0.05) is 6.42 Å². The van der Waals surface area contributed by atoms with E-state index in [1.165, 1.54) is 6.33 Å². The highest BCUT2D eigenvalue weighted by molar-refractivity contribution is 5.82. The van der Waals surface area contributed by atoms with Crippen molar-refractivity contribution in [3.63, 3.8) is 0 Å². The Kier molecular flexibility index (Phi) is 5.59. The Morgan fingerprint density at radius 2 is 2.19 bits per heavy atom. The van der Waals surface area contributed by atoms with Gasteiger partial charge < -0.3 is 31.8 Å². The highest BCUT2D eigenvalue weighted by atomic mass is 16.3. The number of rotatable bonds is 6. The highest BCUT2D eigenvalue weighted by Gasteiger charge is 2.41. The van der Waals surface area contributed by atoms with Crippen LogP contribution in [0.1, 0.15) is 38.6 Å². The van der Waals surface area contributed by atoms with Crippen LogP contribution in [-0.4, -0.2) is 66.7 Å². The molecule has 0 radical (unpaired) electrons. The summed E-state index contributed by atoms with van der Waals surface area (Å²) in [5, 5.41) is 10.9. The van der Waals surface area contributed by atoms with Crippen molar-refractivity contribution in [2.45, 2.75) is 50.3 Å². The van der Waals surface area contributed by atoms with Gasteiger partial charge in [-0.05, 0) is 32.7 Å². The third-order valence-corrected chi connectivity index (χ3v) is 5.32. The molecule has 0 unspecified atom stereocenters. The van der Waals surface area contributed by atoms with Gasteiger partial charge >= 0.3 is 0 Å². The topological polar surface area (TPSA) is 162 Å². The van der Waals surface area contributed by atoms with E-state index in [1.54, 1.807) is 22.7 Å². The third kappa shape index (κ3) is 3.87. The molecular formula is C17H28N8O2. The van der Waals surface area contributed by atoms with Crippen LogP contribution in [0.15, 0.2) is 12.7 Å². The highest BCUT2D eigenvalue weighted by Crippen LogP contribution is 2.34. The van der Waals surface area contributed by atoms with E-state index in [4.69, 9.17) is 17.2 Å². The van der Waals surface area contributed by atoms with E-state index in [0.29, 0.717) is 43.6 Å². The molecule has 2 aromatic rings. The minimum atomic E-state index is -1.02. The molecule has 10 nitrogen and oxygen atoms in total. The molecule has 0 bridgehead atoms. The second-order valence-corrected chi connectivity index (χ2v) is 7.38. The van der Waals surface area contributed by atoms with Gasteiger partial charge in [-0.15, -0.1) is 0 Å². The number of anilines is 1. The van der Waals surface area contributed by atoms with Crippen LogP contribution in [0.25, 0.3) is 11.2 Å². The van der Waals surface area contributed by atoms with Crippen molar-refractivity contribution < 1.29 is 9.90 Å². The zero-order valence-corrected chi connectivity index (χ0v) is 15.6. The van der Waals surface area contributed by atoms with Gasteiger partial charge in [-0.25, -0.2) is 15.0 Å². The first-order valence-electron chi connectivity index (χ1n) is 9.25. The first-order chi connectivity index (χ1) is 12.8. The fourth-order valence-electron chi connectivity index (χ4n) is 3.58. The van der Waals surface area contributed by atoms with Gasteiger partial charge in [0.2, 0.25) is 5.91 Å². The summed E-state index contributed by atoms with van der Waals surface area (Å²) in [6, 6.07) is -0.969. The molecule has 0 spiro atoms. The van der Waals surface area contributed by atoms with E-state index in [2.05, 4.69) is 15.0 Å². The van der Waals surface area contributed by atoms with Crippen LogP contribution in [0.2, 0.25) is 0 Å². The summed E-state index contributed by atoms with van der Waals surface area (Å²) in [5.41, 5.74) is 17.4. The lowest BCUT2D eigenvalue weighted by Crippen LogP contribution is -2.55. The van der Waals surface area contributed by atoms with E-state index in [-0.39, 0.29) is 11.7 Å². The fraction of sp³-hybridized carbons (Fsp3) is 0.647. The molecule has 10 heteroatoms. The summed E-state index contributed by atoms with van der Waals surface area (Å²) in [5.74, 6) is 0.176. The van der Waals surface area contributed by atoms with E-state index in [1.807, 2.05) is 0 Å². The normalized spacial score (nSPS) is 24.3. The molecule has 0 aliphatic carbocycles. The first-order valence-corrected chi connectivity index (χ1v) is 9.25. The van der Waals surface area contributed by atoms with Gasteiger partial charge in [-0.3, -0.25) is 4.79 Å². The van der Waals surface area contributed by atoms with Gasteiger partial charge in [-0.2, -0.15) is 0 Å². The lowest BCUT2D eigenvalue weighted by atomic mass is 9.87.